The first-order valence-corrected chi connectivity index (χ1v) is 5.82. The molecule has 1 fully saturated rings. The molecule has 1 heteroatoms. The lowest BCUT2D eigenvalue weighted by molar-refractivity contribution is -0.0404. The molecule has 0 spiro atoms. The Morgan fingerprint density at radius 3 is 2.47 bits per heavy atom. The van der Waals surface area contributed by atoms with Gasteiger partial charge in [0.25, 0.3) is 0 Å². The Balaban J connectivity index is 2.38. The van der Waals surface area contributed by atoms with Crippen molar-refractivity contribution in [3.63, 3.8) is 0 Å². The molecule has 1 aromatic carbocycles. The molecule has 1 aromatic rings. The normalized spacial score (nSPS) is 20.8. The molecule has 0 radical (unpaired) electrons. The molecular formula is C14H20O. The van der Waals surface area contributed by atoms with Crippen molar-refractivity contribution in [2.24, 2.45) is 5.92 Å². The number of hydrogen-bond donors (Lipinski definition) is 1. The number of aryl methyl sites for hydroxylation is 2. The molecule has 15 heavy (non-hydrogen) atoms. The van der Waals surface area contributed by atoms with Gasteiger partial charge in [-0.3, -0.25) is 0 Å². The van der Waals surface area contributed by atoms with Gasteiger partial charge in [0.2, 0.25) is 0 Å². The van der Waals surface area contributed by atoms with Gasteiger partial charge in [-0.05, 0) is 50.7 Å². The van der Waals surface area contributed by atoms with E-state index in [1.54, 1.807) is 0 Å². The number of aliphatic hydroxyl groups is 1. The highest BCUT2D eigenvalue weighted by Gasteiger charge is 2.38. The molecule has 0 aliphatic heterocycles. The van der Waals surface area contributed by atoms with Crippen LogP contribution in [0.1, 0.15) is 42.9 Å². The van der Waals surface area contributed by atoms with Crippen molar-refractivity contribution in [2.75, 3.05) is 0 Å². The van der Waals surface area contributed by atoms with Crippen LogP contribution in [-0.2, 0) is 5.60 Å². The second-order valence-electron chi connectivity index (χ2n) is 5.09. The second kappa shape index (κ2) is 3.64. The quantitative estimate of drug-likeness (QED) is 0.783. The summed E-state index contributed by atoms with van der Waals surface area (Å²) in [5.41, 5.74) is 2.92. The molecule has 1 N–H and O–H groups in total. The third-order valence-electron chi connectivity index (χ3n) is 3.84. The molecule has 1 aliphatic carbocycles. The predicted molar refractivity (Wildman–Crippen MR) is 62.8 cm³/mol. The summed E-state index contributed by atoms with van der Waals surface area (Å²) in [6.07, 6.45) is 3.60. The van der Waals surface area contributed by atoms with Gasteiger partial charge < -0.3 is 5.11 Å². The molecule has 0 heterocycles. The van der Waals surface area contributed by atoms with E-state index in [0.717, 1.165) is 5.56 Å². The van der Waals surface area contributed by atoms with Gasteiger partial charge in [-0.15, -0.1) is 0 Å². The summed E-state index contributed by atoms with van der Waals surface area (Å²) in [5, 5.41) is 10.6. The summed E-state index contributed by atoms with van der Waals surface area (Å²) in [5.74, 6) is 0.456. The molecule has 1 nitrogen and oxygen atoms in total. The Kier molecular flexibility index (Phi) is 2.59. The van der Waals surface area contributed by atoms with Gasteiger partial charge in [-0.2, -0.15) is 0 Å². The minimum atomic E-state index is -0.631. The molecule has 0 saturated heterocycles. The molecule has 0 amide bonds. The zero-order valence-electron chi connectivity index (χ0n) is 9.88. The highest BCUT2D eigenvalue weighted by molar-refractivity contribution is 5.35. The van der Waals surface area contributed by atoms with E-state index in [1.165, 1.54) is 30.4 Å². The van der Waals surface area contributed by atoms with Crippen molar-refractivity contribution in [2.45, 2.75) is 45.6 Å². The molecule has 2 rings (SSSR count). The van der Waals surface area contributed by atoms with Crippen LogP contribution < -0.4 is 0 Å². The van der Waals surface area contributed by atoms with Crippen LogP contribution in [0.25, 0.3) is 0 Å². The second-order valence-corrected chi connectivity index (χ2v) is 5.09. The zero-order valence-corrected chi connectivity index (χ0v) is 9.88. The van der Waals surface area contributed by atoms with Crippen molar-refractivity contribution >= 4 is 0 Å². The number of rotatable bonds is 2. The topological polar surface area (TPSA) is 20.2 Å². The largest absolute Gasteiger partial charge is 0.385 e. The Morgan fingerprint density at radius 1 is 1.27 bits per heavy atom. The van der Waals surface area contributed by atoms with Crippen LogP contribution in [-0.4, -0.2) is 5.11 Å². The monoisotopic (exact) mass is 204 g/mol. The van der Waals surface area contributed by atoms with Gasteiger partial charge in [0.15, 0.2) is 0 Å². The Labute approximate surface area is 92.1 Å². The van der Waals surface area contributed by atoms with Crippen LogP contribution in [0.5, 0.6) is 0 Å². The van der Waals surface area contributed by atoms with Gasteiger partial charge in [0.1, 0.15) is 0 Å². The van der Waals surface area contributed by atoms with Crippen molar-refractivity contribution in [3.8, 4) is 0 Å². The fourth-order valence-electron chi connectivity index (χ4n) is 2.47. The Bertz CT molecular complexity index is 362. The van der Waals surface area contributed by atoms with E-state index in [-0.39, 0.29) is 0 Å². The van der Waals surface area contributed by atoms with Crippen molar-refractivity contribution < 1.29 is 5.11 Å². The highest BCUT2D eigenvalue weighted by atomic mass is 16.3. The molecule has 1 atom stereocenters. The molecule has 82 valence electrons. The first kappa shape index (κ1) is 10.7. The lowest BCUT2D eigenvalue weighted by Crippen LogP contribution is -2.36. The maximum Gasteiger partial charge on any atom is 0.0899 e. The van der Waals surface area contributed by atoms with Crippen LogP contribution in [0.15, 0.2) is 18.2 Å². The molecule has 0 bridgehead atoms. The lowest BCUT2D eigenvalue weighted by Gasteiger charge is -2.40. The van der Waals surface area contributed by atoms with Crippen LogP contribution >= 0.6 is 0 Å². The standard InChI is InChI=1S/C14H20O/c1-10-7-8-11(2)13(9-10)14(3,15)12-5-4-6-12/h7-9,12,15H,4-6H2,1-3H3. The fraction of sp³-hybridized carbons (Fsp3) is 0.571. The summed E-state index contributed by atoms with van der Waals surface area (Å²) >= 11 is 0. The van der Waals surface area contributed by atoms with E-state index in [2.05, 4.69) is 32.0 Å². The summed E-state index contributed by atoms with van der Waals surface area (Å²) in [6, 6.07) is 6.35. The third-order valence-corrected chi connectivity index (χ3v) is 3.84. The predicted octanol–water partition coefficient (Wildman–Crippen LogP) is 3.31. The molecular weight excluding hydrogens is 184 g/mol. The maximum absolute atomic E-state index is 10.6. The van der Waals surface area contributed by atoms with E-state index >= 15 is 0 Å². The maximum atomic E-state index is 10.6. The first-order chi connectivity index (χ1) is 7.01. The molecule has 1 unspecified atom stereocenters. The smallest absolute Gasteiger partial charge is 0.0899 e. The molecule has 1 saturated carbocycles. The van der Waals surface area contributed by atoms with Crippen LogP contribution in [0.2, 0.25) is 0 Å². The van der Waals surface area contributed by atoms with Gasteiger partial charge in [0.05, 0.1) is 5.60 Å². The Morgan fingerprint density at radius 2 is 1.93 bits per heavy atom. The van der Waals surface area contributed by atoms with E-state index in [9.17, 15) is 5.11 Å². The van der Waals surface area contributed by atoms with Gasteiger partial charge >= 0.3 is 0 Å². The zero-order chi connectivity index (χ0) is 11.1. The SMILES string of the molecule is Cc1ccc(C)c(C(C)(O)C2CCC2)c1. The first-order valence-electron chi connectivity index (χ1n) is 5.82. The van der Waals surface area contributed by atoms with Gasteiger partial charge in [-0.25, -0.2) is 0 Å². The van der Waals surface area contributed by atoms with Crippen LogP contribution in [0, 0.1) is 19.8 Å². The lowest BCUT2D eigenvalue weighted by atomic mass is 9.70. The molecule has 1 aliphatic rings. The summed E-state index contributed by atoms with van der Waals surface area (Å²) in [6.45, 7) is 6.14. The minimum absolute atomic E-state index is 0.456. The molecule has 0 aromatic heterocycles. The summed E-state index contributed by atoms with van der Waals surface area (Å²) in [7, 11) is 0. The highest BCUT2D eigenvalue weighted by Crippen LogP contribution is 2.43. The van der Waals surface area contributed by atoms with E-state index in [1.807, 2.05) is 6.92 Å². The van der Waals surface area contributed by atoms with Gasteiger partial charge in [-0.1, -0.05) is 30.2 Å². The van der Waals surface area contributed by atoms with Crippen LogP contribution in [0.3, 0.4) is 0 Å². The van der Waals surface area contributed by atoms with Crippen LogP contribution in [0.4, 0.5) is 0 Å². The third kappa shape index (κ3) is 1.81. The summed E-state index contributed by atoms with van der Waals surface area (Å²) < 4.78 is 0. The fourth-order valence-corrected chi connectivity index (χ4v) is 2.47. The number of hydrogen-bond acceptors (Lipinski definition) is 1. The summed E-state index contributed by atoms with van der Waals surface area (Å²) in [4.78, 5) is 0. The van der Waals surface area contributed by atoms with Gasteiger partial charge in [0, 0.05) is 0 Å². The number of benzene rings is 1. The Hall–Kier alpha value is -0.820. The van der Waals surface area contributed by atoms with Crippen molar-refractivity contribution in [1.29, 1.82) is 0 Å². The van der Waals surface area contributed by atoms with E-state index in [4.69, 9.17) is 0 Å². The van der Waals surface area contributed by atoms with E-state index < -0.39 is 5.60 Å². The van der Waals surface area contributed by atoms with Crippen molar-refractivity contribution in [1.82, 2.24) is 0 Å². The average Bonchev–Trinajstić information content (AvgIpc) is 2.05. The van der Waals surface area contributed by atoms with Crippen molar-refractivity contribution in [3.05, 3.63) is 34.9 Å². The van der Waals surface area contributed by atoms with E-state index in [0.29, 0.717) is 5.92 Å². The average molecular weight is 204 g/mol. The minimum Gasteiger partial charge on any atom is -0.385 e.